The fourth-order valence-corrected chi connectivity index (χ4v) is 8.01. The Labute approximate surface area is 187 Å². The molecule has 2 atom stereocenters. The SMILES string of the molecule is O=C(CN1CCCC(c2nc3ccccc3s2)C1)N1CCN(C2CCS(=O)(=O)C2)CC1. The zero-order chi connectivity index (χ0) is 21.4. The normalized spacial score (nSPS) is 27.7. The molecule has 3 saturated heterocycles. The molecule has 31 heavy (non-hydrogen) atoms. The highest BCUT2D eigenvalue weighted by molar-refractivity contribution is 7.91. The van der Waals surface area contributed by atoms with Gasteiger partial charge in [0.25, 0.3) is 0 Å². The minimum absolute atomic E-state index is 0.138. The fourth-order valence-electron chi connectivity index (χ4n) is 5.16. The number of rotatable bonds is 4. The number of para-hydroxylation sites is 1. The van der Waals surface area contributed by atoms with E-state index in [1.54, 1.807) is 11.3 Å². The van der Waals surface area contributed by atoms with Crippen LogP contribution in [0, 0.1) is 0 Å². The highest BCUT2D eigenvalue weighted by atomic mass is 32.2. The van der Waals surface area contributed by atoms with Gasteiger partial charge in [-0.2, -0.15) is 0 Å². The van der Waals surface area contributed by atoms with Gasteiger partial charge in [0.15, 0.2) is 9.84 Å². The van der Waals surface area contributed by atoms with Crippen molar-refractivity contribution in [1.29, 1.82) is 0 Å². The lowest BCUT2D eigenvalue weighted by molar-refractivity contribution is -0.134. The summed E-state index contributed by atoms with van der Waals surface area (Å²) in [7, 11) is -2.86. The van der Waals surface area contributed by atoms with Crippen LogP contribution in [0.25, 0.3) is 10.2 Å². The Morgan fingerprint density at radius 2 is 1.90 bits per heavy atom. The molecule has 0 saturated carbocycles. The van der Waals surface area contributed by atoms with E-state index in [1.807, 2.05) is 11.0 Å². The van der Waals surface area contributed by atoms with Crippen molar-refractivity contribution in [1.82, 2.24) is 19.7 Å². The molecule has 3 aliphatic rings. The van der Waals surface area contributed by atoms with Crippen LogP contribution >= 0.6 is 11.3 Å². The van der Waals surface area contributed by atoms with Gasteiger partial charge in [-0.1, -0.05) is 12.1 Å². The standard InChI is InChI=1S/C22H30N4O3S2/c27-21(26-11-9-25(10-12-26)18-7-13-31(28,29)16-18)15-24-8-3-4-17(14-24)22-23-19-5-1-2-6-20(19)30-22/h1-2,5-6,17-18H,3-4,7-16H2. The minimum atomic E-state index is -2.86. The fraction of sp³-hybridized carbons (Fsp3) is 0.636. The average molecular weight is 463 g/mol. The van der Waals surface area contributed by atoms with Crippen molar-refractivity contribution in [3.63, 3.8) is 0 Å². The zero-order valence-electron chi connectivity index (χ0n) is 17.8. The summed E-state index contributed by atoms with van der Waals surface area (Å²) in [6, 6.07) is 8.42. The van der Waals surface area contributed by atoms with Gasteiger partial charge < -0.3 is 4.90 Å². The van der Waals surface area contributed by atoms with E-state index >= 15 is 0 Å². The van der Waals surface area contributed by atoms with E-state index in [0.717, 1.165) is 51.0 Å². The minimum Gasteiger partial charge on any atom is -0.339 e. The van der Waals surface area contributed by atoms with Crippen LogP contribution in [0.15, 0.2) is 24.3 Å². The van der Waals surface area contributed by atoms with Gasteiger partial charge in [-0.15, -0.1) is 11.3 Å². The highest BCUT2D eigenvalue weighted by Gasteiger charge is 2.34. The van der Waals surface area contributed by atoms with Crippen LogP contribution < -0.4 is 0 Å². The van der Waals surface area contributed by atoms with Crippen LogP contribution in [0.2, 0.25) is 0 Å². The summed E-state index contributed by atoms with van der Waals surface area (Å²) >= 11 is 1.78. The van der Waals surface area contributed by atoms with Gasteiger partial charge in [-0.25, -0.2) is 13.4 Å². The number of fused-ring (bicyclic) bond motifs is 1. The number of amides is 1. The van der Waals surface area contributed by atoms with E-state index in [9.17, 15) is 13.2 Å². The van der Waals surface area contributed by atoms with Crippen LogP contribution in [0.3, 0.4) is 0 Å². The monoisotopic (exact) mass is 462 g/mol. The first-order chi connectivity index (χ1) is 15.0. The number of hydrogen-bond acceptors (Lipinski definition) is 7. The maximum atomic E-state index is 12.9. The van der Waals surface area contributed by atoms with E-state index in [1.165, 1.54) is 9.71 Å². The van der Waals surface area contributed by atoms with Gasteiger partial charge in [-0.3, -0.25) is 14.6 Å². The Balaban J connectivity index is 1.14. The summed E-state index contributed by atoms with van der Waals surface area (Å²) < 4.78 is 24.7. The molecule has 1 aromatic heterocycles. The lowest BCUT2D eigenvalue weighted by Crippen LogP contribution is -2.54. The molecule has 3 aliphatic heterocycles. The third-order valence-corrected chi connectivity index (χ3v) is 9.87. The molecular formula is C22H30N4O3S2. The first-order valence-electron chi connectivity index (χ1n) is 11.3. The number of benzene rings is 1. The molecule has 3 fully saturated rings. The number of piperazine rings is 1. The number of sulfone groups is 1. The molecule has 168 valence electrons. The van der Waals surface area contributed by atoms with Crippen molar-refractivity contribution in [3.05, 3.63) is 29.3 Å². The lowest BCUT2D eigenvalue weighted by Gasteiger charge is -2.39. The maximum Gasteiger partial charge on any atom is 0.236 e. The third kappa shape index (κ3) is 4.79. The second kappa shape index (κ2) is 8.77. The van der Waals surface area contributed by atoms with Gasteiger partial charge in [0, 0.05) is 44.7 Å². The second-order valence-corrected chi connectivity index (χ2v) is 12.4. The van der Waals surface area contributed by atoms with Crippen LogP contribution in [0.5, 0.6) is 0 Å². The molecule has 0 radical (unpaired) electrons. The Hall–Kier alpha value is -1.55. The number of thiazole rings is 1. The zero-order valence-corrected chi connectivity index (χ0v) is 19.4. The Morgan fingerprint density at radius 1 is 1.10 bits per heavy atom. The van der Waals surface area contributed by atoms with Crippen molar-refractivity contribution in [2.24, 2.45) is 0 Å². The maximum absolute atomic E-state index is 12.9. The summed E-state index contributed by atoms with van der Waals surface area (Å²) in [6.07, 6.45) is 2.96. The number of carbonyl (C=O) groups is 1. The van der Waals surface area contributed by atoms with E-state index in [-0.39, 0.29) is 17.7 Å². The molecule has 7 nitrogen and oxygen atoms in total. The van der Waals surface area contributed by atoms with Crippen molar-refractivity contribution >= 4 is 37.3 Å². The quantitative estimate of drug-likeness (QED) is 0.690. The van der Waals surface area contributed by atoms with Gasteiger partial charge in [0.1, 0.15) is 0 Å². The molecule has 1 amide bonds. The summed E-state index contributed by atoms with van der Waals surface area (Å²) in [4.78, 5) is 24.3. The molecule has 0 N–H and O–H groups in total. The summed E-state index contributed by atoms with van der Waals surface area (Å²) in [6.45, 7) is 5.28. The molecule has 4 heterocycles. The molecular weight excluding hydrogens is 432 g/mol. The molecule has 1 aromatic carbocycles. The highest BCUT2D eigenvalue weighted by Crippen LogP contribution is 2.33. The molecule has 0 aliphatic carbocycles. The lowest BCUT2D eigenvalue weighted by atomic mass is 9.98. The molecule has 0 bridgehead atoms. The van der Waals surface area contributed by atoms with Crippen LogP contribution in [0.4, 0.5) is 0 Å². The van der Waals surface area contributed by atoms with Crippen LogP contribution in [-0.4, -0.2) is 97.4 Å². The van der Waals surface area contributed by atoms with Gasteiger partial charge in [0.05, 0.1) is 33.3 Å². The molecule has 2 unspecified atom stereocenters. The number of hydrogen-bond donors (Lipinski definition) is 0. The van der Waals surface area contributed by atoms with E-state index < -0.39 is 9.84 Å². The smallest absolute Gasteiger partial charge is 0.236 e. The number of likely N-dealkylation sites (tertiary alicyclic amines) is 1. The number of aromatic nitrogens is 1. The molecule has 5 rings (SSSR count). The number of nitrogens with zero attached hydrogens (tertiary/aromatic N) is 4. The first-order valence-corrected chi connectivity index (χ1v) is 13.9. The predicted octanol–water partition coefficient (Wildman–Crippen LogP) is 1.81. The second-order valence-electron chi connectivity index (χ2n) is 9.07. The Bertz CT molecular complexity index is 1010. The molecule has 9 heteroatoms. The Morgan fingerprint density at radius 3 is 2.65 bits per heavy atom. The van der Waals surface area contributed by atoms with Crippen molar-refractivity contribution in [2.45, 2.75) is 31.2 Å². The summed E-state index contributed by atoms with van der Waals surface area (Å²) in [5.41, 5.74) is 1.07. The molecule has 2 aromatic rings. The van der Waals surface area contributed by atoms with Crippen LogP contribution in [-0.2, 0) is 14.6 Å². The van der Waals surface area contributed by atoms with E-state index in [2.05, 4.69) is 28.0 Å². The molecule has 0 spiro atoms. The van der Waals surface area contributed by atoms with Crippen LogP contribution in [0.1, 0.15) is 30.2 Å². The predicted molar refractivity (Wildman–Crippen MR) is 123 cm³/mol. The van der Waals surface area contributed by atoms with Gasteiger partial charge >= 0.3 is 0 Å². The number of piperidine rings is 1. The van der Waals surface area contributed by atoms with Crippen molar-refractivity contribution < 1.29 is 13.2 Å². The summed E-state index contributed by atoms with van der Waals surface area (Å²) in [5, 5.41) is 1.19. The first kappa shape index (κ1) is 21.3. The van der Waals surface area contributed by atoms with E-state index in [0.29, 0.717) is 31.3 Å². The van der Waals surface area contributed by atoms with Gasteiger partial charge in [-0.05, 0) is 37.9 Å². The Kier molecular flexibility index (Phi) is 6.02. The largest absolute Gasteiger partial charge is 0.339 e. The number of carbonyl (C=O) groups excluding carboxylic acids is 1. The van der Waals surface area contributed by atoms with Gasteiger partial charge in [0.2, 0.25) is 5.91 Å². The average Bonchev–Trinajstić information content (AvgIpc) is 3.37. The topological polar surface area (TPSA) is 73.8 Å². The third-order valence-electron chi connectivity index (χ3n) is 6.92. The van der Waals surface area contributed by atoms with Crippen molar-refractivity contribution in [3.8, 4) is 0 Å². The summed E-state index contributed by atoms with van der Waals surface area (Å²) in [5.74, 6) is 1.19. The van der Waals surface area contributed by atoms with Crippen molar-refractivity contribution in [2.75, 3.05) is 57.3 Å². The van der Waals surface area contributed by atoms with E-state index in [4.69, 9.17) is 4.98 Å².